The molecule has 1 aromatic rings. The van der Waals surface area contributed by atoms with Crippen LogP contribution in [0.25, 0.3) is 0 Å². The number of aromatic nitrogens is 1. The SMILES string of the molecule is Cn1cc(C(O)CN)cc1Br. The van der Waals surface area contributed by atoms with Crippen LogP contribution in [0.1, 0.15) is 11.7 Å². The van der Waals surface area contributed by atoms with E-state index in [-0.39, 0.29) is 6.54 Å². The van der Waals surface area contributed by atoms with Crippen molar-refractivity contribution in [3.63, 3.8) is 0 Å². The molecule has 4 heteroatoms. The summed E-state index contributed by atoms with van der Waals surface area (Å²) in [6.45, 7) is 0.260. The molecule has 1 aromatic heterocycles. The van der Waals surface area contributed by atoms with Crippen LogP contribution < -0.4 is 5.73 Å². The lowest BCUT2D eigenvalue weighted by Crippen LogP contribution is -2.10. The minimum Gasteiger partial charge on any atom is -0.387 e. The first-order valence-corrected chi connectivity index (χ1v) is 4.14. The molecule has 3 nitrogen and oxygen atoms in total. The van der Waals surface area contributed by atoms with Gasteiger partial charge >= 0.3 is 0 Å². The first-order valence-electron chi connectivity index (χ1n) is 3.35. The average Bonchev–Trinajstić information content (AvgIpc) is 2.31. The normalized spacial score (nSPS) is 13.5. The lowest BCUT2D eigenvalue weighted by molar-refractivity contribution is 0.186. The van der Waals surface area contributed by atoms with E-state index < -0.39 is 6.10 Å². The van der Waals surface area contributed by atoms with E-state index in [1.807, 2.05) is 23.9 Å². The molecule has 0 fully saturated rings. The summed E-state index contributed by atoms with van der Waals surface area (Å²) in [5.74, 6) is 0. The van der Waals surface area contributed by atoms with Gasteiger partial charge in [-0.25, -0.2) is 0 Å². The molecule has 3 N–H and O–H groups in total. The predicted octanol–water partition coefficient (Wildman–Crippen LogP) is 0.780. The highest BCUT2D eigenvalue weighted by Gasteiger charge is 2.07. The van der Waals surface area contributed by atoms with Crippen molar-refractivity contribution in [3.05, 3.63) is 22.4 Å². The van der Waals surface area contributed by atoms with Crippen LogP contribution in [-0.2, 0) is 7.05 Å². The van der Waals surface area contributed by atoms with Gasteiger partial charge in [-0.2, -0.15) is 0 Å². The second kappa shape index (κ2) is 3.38. The Balaban J connectivity index is 2.88. The van der Waals surface area contributed by atoms with Crippen LogP contribution >= 0.6 is 15.9 Å². The molecule has 0 amide bonds. The molecule has 0 saturated heterocycles. The Morgan fingerprint density at radius 1 is 1.82 bits per heavy atom. The van der Waals surface area contributed by atoms with E-state index in [2.05, 4.69) is 15.9 Å². The molecule has 11 heavy (non-hydrogen) atoms. The minimum atomic E-state index is -0.549. The molecular formula is C7H11BrN2O. The van der Waals surface area contributed by atoms with Gasteiger partial charge < -0.3 is 15.4 Å². The fourth-order valence-electron chi connectivity index (χ4n) is 0.880. The van der Waals surface area contributed by atoms with Crippen LogP contribution in [0.4, 0.5) is 0 Å². The lowest BCUT2D eigenvalue weighted by atomic mass is 10.2. The van der Waals surface area contributed by atoms with Crippen LogP contribution in [0.15, 0.2) is 16.9 Å². The number of aryl methyl sites for hydroxylation is 1. The van der Waals surface area contributed by atoms with Gasteiger partial charge in [0.1, 0.15) is 0 Å². The third-order valence-electron chi connectivity index (χ3n) is 1.57. The van der Waals surface area contributed by atoms with Crippen molar-refractivity contribution >= 4 is 15.9 Å². The van der Waals surface area contributed by atoms with Crippen molar-refractivity contribution in [2.24, 2.45) is 12.8 Å². The van der Waals surface area contributed by atoms with E-state index >= 15 is 0 Å². The number of aliphatic hydroxyl groups excluding tert-OH is 1. The van der Waals surface area contributed by atoms with Crippen LogP contribution in [0, 0.1) is 0 Å². The topological polar surface area (TPSA) is 51.2 Å². The summed E-state index contributed by atoms with van der Waals surface area (Å²) in [4.78, 5) is 0. The van der Waals surface area contributed by atoms with Crippen LogP contribution in [0.5, 0.6) is 0 Å². The van der Waals surface area contributed by atoms with Gasteiger partial charge in [-0.3, -0.25) is 0 Å². The average molecular weight is 219 g/mol. The number of nitrogens with two attached hydrogens (primary N) is 1. The van der Waals surface area contributed by atoms with E-state index in [0.717, 1.165) is 10.2 Å². The fraction of sp³-hybridized carbons (Fsp3) is 0.429. The molecule has 1 rings (SSSR count). The summed E-state index contributed by atoms with van der Waals surface area (Å²) < 4.78 is 2.83. The highest BCUT2D eigenvalue weighted by atomic mass is 79.9. The van der Waals surface area contributed by atoms with Gasteiger partial charge in [0.15, 0.2) is 0 Å². The standard InChI is InChI=1S/C7H11BrN2O/c1-10-4-5(2-7(10)8)6(11)3-9/h2,4,6,11H,3,9H2,1H3. The molecule has 0 aliphatic rings. The zero-order valence-electron chi connectivity index (χ0n) is 6.29. The van der Waals surface area contributed by atoms with Crippen molar-refractivity contribution in [2.75, 3.05) is 6.54 Å². The third kappa shape index (κ3) is 1.83. The Hall–Kier alpha value is -0.320. The Labute approximate surface area is 73.9 Å². The number of hydrogen-bond donors (Lipinski definition) is 2. The molecule has 0 spiro atoms. The zero-order chi connectivity index (χ0) is 8.43. The molecule has 0 radical (unpaired) electrons. The van der Waals surface area contributed by atoms with Gasteiger partial charge in [0.25, 0.3) is 0 Å². The molecule has 0 bridgehead atoms. The van der Waals surface area contributed by atoms with E-state index in [1.54, 1.807) is 0 Å². The summed E-state index contributed by atoms with van der Waals surface area (Å²) in [6.07, 6.45) is 1.30. The Morgan fingerprint density at radius 2 is 2.45 bits per heavy atom. The van der Waals surface area contributed by atoms with Gasteiger partial charge in [-0.05, 0) is 22.0 Å². The van der Waals surface area contributed by atoms with Crippen molar-refractivity contribution in [3.8, 4) is 0 Å². The van der Waals surface area contributed by atoms with Gasteiger partial charge in [0.2, 0.25) is 0 Å². The van der Waals surface area contributed by atoms with Crippen LogP contribution in [-0.4, -0.2) is 16.2 Å². The predicted molar refractivity (Wildman–Crippen MR) is 47.1 cm³/mol. The number of hydrogen-bond acceptors (Lipinski definition) is 2. The van der Waals surface area contributed by atoms with Crippen molar-refractivity contribution < 1.29 is 5.11 Å². The summed E-state index contributed by atoms with van der Waals surface area (Å²) in [5, 5.41) is 9.31. The number of rotatable bonds is 2. The van der Waals surface area contributed by atoms with Crippen molar-refractivity contribution in [1.82, 2.24) is 4.57 Å². The molecule has 0 aliphatic carbocycles. The maximum atomic E-state index is 9.31. The summed E-state index contributed by atoms with van der Waals surface area (Å²) in [7, 11) is 1.90. The summed E-state index contributed by atoms with van der Waals surface area (Å²) in [5.41, 5.74) is 6.14. The molecule has 0 aromatic carbocycles. The first-order chi connectivity index (χ1) is 5.15. The van der Waals surface area contributed by atoms with Crippen molar-refractivity contribution in [1.29, 1.82) is 0 Å². The monoisotopic (exact) mass is 218 g/mol. The molecule has 0 aliphatic heterocycles. The zero-order valence-corrected chi connectivity index (χ0v) is 7.87. The number of halogens is 1. The third-order valence-corrected chi connectivity index (χ3v) is 2.36. The highest BCUT2D eigenvalue weighted by molar-refractivity contribution is 9.10. The number of aliphatic hydroxyl groups is 1. The molecule has 1 unspecified atom stereocenters. The minimum absolute atomic E-state index is 0.260. The van der Waals surface area contributed by atoms with E-state index in [4.69, 9.17) is 5.73 Å². The molecular weight excluding hydrogens is 208 g/mol. The maximum absolute atomic E-state index is 9.31. The summed E-state index contributed by atoms with van der Waals surface area (Å²) in [6, 6.07) is 1.86. The van der Waals surface area contributed by atoms with Crippen molar-refractivity contribution in [2.45, 2.75) is 6.10 Å². The van der Waals surface area contributed by atoms with Gasteiger partial charge in [-0.15, -0.1) is 0 Å². The Morgan fingerprint density at radius 3 is 2.82 bits per heavy atom. The maximum Gasteiger partial charge on any atom is 0.0927 e. The quantitative estimate of drug-likeness (QED) is 0.772. The van der Waals surface area contributed by atoms with E-state index in [1.165, 1.54) is 0 Å². The summed E-state index contributed by atoms with van der Waals surface area (Å²) >= 11 is 3.32. The first kappa shape index (κ1) is 8.77. The second-order valence-corrected chi connectivity index (χ2v) is 3.27. The lowest BCUT2D eigenvalue weighted by Gasteiger charge is -2.02. The largest absolute Gasteiger partial charge is 0.387 e. The van der Waals surface area contributed by atoms with Gasteiger partial charge in [-0.1, -0.05) is 0 Å². The van der Waals surface area contributed by atoms with Crippen LogP contribution in [0.3, 0.4) is 0 Å². The molecule has 62 valence electrons. The smallest absolute Gasteiger partial charge is 0.0927 e. The van der Waals surface area contributed by atoms with E-state index in [0.29, 0.717) is 0 Å². The molecule has 1 heterocycles. The molecule has 1 atom stereocenters. The van der Waals surface area contributed by atoms with Gasteiger partial charge in [0, 0.05) is 25.4 Å². The van der Waals surface area contributed by atoms with Crippen LogP contribution in [0.2, 0.25) is 0 Å². The Bertz CT molecular complexity index is 227. The highest BCUT2D eigenvalue weighted by Crippen LogP contribution is 2.18. The number of nitrogens with zero attached hydrogens (tertiary/aromatic N) is 1. The second-order valence-electron chi connectivity index (χ2n) is 2.46. The Kier molecular flexibility index (Phi) is 2.70. The van der Waals surface area contributed by atoms with E-state index in [9.17, 15) is 5.11 Å². The fourth-order valence-corrected chi connectivity index (χ4v) is 1.25. The van der Waals surface area contributed by atoms with Gasteiger partial charge in [0.05, 0.1) is 10.7 Å². The molecule has 0 saturated carbocycles.